The maximum absolute atomic E-state index is 10.7. The molecule has 1 aliphatic heterocycles. The molecule has 1 rings (SSSR count). The molecule has 0 aromatic carbocycles. The van der Waals surface area contributed by atoms with Crippen LogP contribution in [0.1, 0.15) is 12.8 Å². The van der Waals surface area contributed by atoms with Gasteiger partial charge in [-0.2, -0.15) is 0 Å². The Labute approximate surface area is 84.0 Å². The third-order valence-corrected chi connectivity index (χ3v) is 2.72. The molecule has 1 heterocycles. The lowest BCUT2D eigenvalue weighted by Crippen LogP contribution is -2.47. The number of nitrogens with two attached hydrogens (primary N) is 2. The Morgan fingerprint density at radius 1 is 1.57 bits per heavy atom. The first-order valence-corrected chi connectivity index (χ1v) is 5.02. The van der Waals surface area contributed by atoms with Crippen molar-refractivity contribution in [3.8, 4) is 0 Å². The Bertz CT molecular complexity index is 198. The number of hydrogen-bond acceptors (Lipinski definition) is 4. The van der Waals surface area contributed by atoms with E-state index in [-0.39, 0.29) is 24.5 Å². The molecule has 14 heavy (non-hydrogen) atoms. The summed E-state index contributed by atoms with van der Waals surface area (Å²) in [5.74, 6) is -0.0569. The molecule has 1 saturated heterocycles. The fraction of sp³-hybridized carbons (Fsp3) is 0.889. The number of piperidine rings is 1. The van der Waals surface area contributed by atoms with E-state index in [1.807, 2.05) is 4.90 Å². The predicted octanol–water partition coefficient (Wildman–Crippen LogP) is -1.50. The molecule has 0 radical (unpaired) electrons. The van der Waals surface area contributed by atoms with Crippen LogP contribution >= 0.6 is 0 Å². The summed E-state index contributed by atoms with van der Waals surface area (Å²) < 4.78 is 0. The highest BCUT2D eigenvalue weighted by Crippen LogP contribution is 2.19. The first-order chi connectivity index (χ1) is 6.63. The second kappa shape index (κ2) is 5.29. The molecule has 5 heteroatoms. The van der Waals surface area contributed by atoms with Crippen molar-refractivity contribution in [2.45, 2.75) is 18.9 Å². The van der Waals surface area contributed by atoms with Crippen molar-refractivity contribution >= 4 is 5.91 Å². The Morgan fingerprint density at radius 2 is 2.29 bits per heavy atom. The minimum atomic E-state index is -0.369. The molecule has 5 nitrogen and oxygen atoms in total. The molecule has 0 unspecified atom stereocenters. The molecule has 82 valence electrons. The van der Waals surface area contributed by atoms with E-state index in [1.54, 1.807) is 0 Å². The first kappa shape index (κ1) is 11.4. The monoisotopic (exact) mass is 201 g/mol. The van der Waals surface area contributed by atoms with E-state index < -0.39 is 0 Å². The lowest BCUT2D eigenvalue weighted by atomic mass is 9.91. The Hall–Kier alpha value is -0.650. The summed E-state index contributed by atoms with van der Waals surface area (Å²) in [6.07, 6.45) is 1.38. The van der Waals surface area contributed by atoms with Gasteiger partial charge in [0.15, 0.2) is 0 Å². The molecule has 0 spiro atoms. The Kier molecular flexibility index (Phi) is 4.31. The molecule has 0 bridgehead atoms. The largest absolute Gasteiger partial charge is 0.392 e. The van der Waals surface area contributed by atoms with E-state index in [0.29, 0.717) is 13.1 Å². The van der Waals surface area contributed by atoms with Gasteiger partial charge in [0.05, 0.1) is 12.6 Å². The van der Waals surface area contributed by atoms with Crippen LogP contribution in [0.4, 0.5) is 0 Å². The molecule has 2 atom stereocenters. The van der Waals surface area contributed by atoms with Gasteiger partial charge in [-0.05, 0) is 31.8 Å². The summed E-state index contributed by atoms with van der Waals surface area (Å²) in [6, 6.07) is 0. The number of likely N-dealkylation sites (tertiary alicyclic amines) is 1. The van der Waals surface area contributed by atoms with E-state index in [1.165, 1.54) is 0 Å². The van der Waals surface area contributed by atoms with Crippen LogP contribution in [0, 0.1) is 5.92 Å². The van der Waals surface area contributed by atoms with Gasteiger partial charge in [-0.25, -0.2) is 0 Å². The second-order valence-corrected chi connectivity index (χ2v) is 3.89. The van der Waals surface area contributed by atoms with Crippen LogP contribution in [0.3, 0.4) is 0 Å². The minimum absolute atomic E-state index is 0.242. The van der Waals surface area contributed by atoms with Crippen molar-refractivity contribution in [2.75, 3.05) is 26.2 Å². The number of rotatable bonds is 4. The molecule has 1 amide bonds. The number of nitrogens with zero attached hydrogens (tertiary/aromatic N) is 1. The molecular weight excluding hydrogens is 182 g/mol. The highest BCUT2D eigenvalue weighted by atomic mass is 16.3. The fourth-order valence-electron chi connectivity index (χ4n) is 1.96. The minimum Gasteiger partial charge on any atom is -0.392 e. The van der Waals surface area contributed by atoms with Crippen LogP contribution in [-0.2, 0) is 4.79 Å². The molecule has 0 aromatic rings. The summed E-state index contributed by atoms with van der Waals surface area (Å²) in [7, 11) is 0. The third kappa shape index (κ3) is 3.25. The van der Waals surface area contributed by atoms with Gasteiger partial charge in [0.25, 0.3) is 0 Å². The quantitative estimate of drug-likeness (QED) is 0.516. The Balaban J connectivity index is 2.34. The van der Waals surface area contributed by atoms with Crippen LogP contribution in [0.25, 0.3) is 0 Å². The Morgan fingerprint density at radius 3 is 2.79 bits per heavy atom. The average Bonchev–Trinajstić information content (AvgIpc) is 2.09. The highest BCUT2D eigenvalue weighted by molar-refractivity contribution is 5.75. The van der Waals surface area contributed by atoms with Crippen molar-refractivity contribution in [3.05, 3.63) is 0 Å². The summed E-state index contributed by atoms with van der Waals surface area (Å²) in [6.45, 7) is 2.21. The van der Waals surface area contributed by atoms with Crippen LogP contribution in [0.5, 0.6) is 0 Å². The topological polar surface area (TPSA) is 92.6 Å². The number of aliphatic hydroxyl groups is 1. The van der Waals surface area contributed by atoms with E-state index in [9.17, 15) is 9.90 Å². The summed E-state index contributed by atoms with van der Waals surface area (Å²) in [5.41, 5.74) is 10.5. The number of aliphatic hydroxyl groups excluding tert-OH is 1. The predicted molar refractivity (Wildman–Crippen MR) is 53.4 cm³/mol. The normalized spacial score (nSPS) is 29.0. The van der Waals surface area contributed by atoms with E-state index in [0.717, 1.165) is 19.4 Å². The van der Waals surface area contributed by atoms with Gasteiger partial charge < -0.3 is 16.6 Å². The number of β-amino-alcohol motifs (C(OH)–C–C–N with tert-alkyl or cyclic N) is 1. The highest BCUT2D eigenvalue weighted by Gasteiger charge is 2.27. The number of primary amides is 1. The zero-order valence-electron chi connectivity index (χ0n) is 8.35. The standard InChI is InChI=1S/C9H19N3O2/c10-3-1-7-2-4-12(5-8(7)13)6-9(11)14/h7-8,13H,1-6,10H2,(H2,11,14)/t7-,8-/m1/s1. The van der Waals surface area contributed by atoms with Crippen molar-refractivity contribution in [3.63, 3.8) is 0 Å². The molecule has 1 aliphatic rings. The maximum Gasteiger partial charge on any atom is 0.231 e. The number of hydrogen-bond donors (Lipinski definition) is 3. The molecule has 0 saturated carbocycles. The molecular formula is C9H19N3O2. The molecule has 5 N–H and O–H groups in total. The molecule has 0 aromatic heterocycles. The van der Waals surface area contributed by atoms with Crippen molar-refractivity contribution in [1.29, 1.82) is 0 Å². The van der Waals surface area contributed by atoms with Gasteiger partial charge in [0, 0.05) is 6.54 Å². The van der Waals surface area contributed by atoms with Crippen molar-refractivity contribution in [1.82, 2.24) is 4.90 Å². The van der Waals surface area contributed by atoms with Gasteiger partial charge in [-0.1, -0.05) is 0 Å². The first-order valence-electron chi connectivity index (χ1n) is 5.02. The van der Waals surface area contributed by atoms with E-state index in [4.69, 9.17) is 11.5 Å². The molecule has 1 fully saturated rings. The van der Waals surface area contributed by atoms with Gasteiger partial charge in [0.2, 0.25) is 5.91 Å². The number of carbonyl (C=O) groups excluding carboxylic acids is 1. The number of amides is 1. The average molecular weight is 201 g/mol. The lowest BCUT2D eigenvalue weighted by molar-refractivity contribution is -0.120. The van der Waals surface area contributed by atoms with E-state index in [2.05, 4.69) is 0 Å². The summed E-state index contributed by atoms with van der Waals surface area (Å²) >= 11 is 0. The van der Waals surface area contributed by atoms with Gasteiger partial charge >= 0.3 is 0 Å². The lowest BCUT2D eigenvalue weighted by Gasteiger charge is -2.35. The maximum atomic E-state index is 10.7. The fourth-order valence-corrected chi connectivity index (χ4v) is 1.96. The van der Waals surface area contributed by atoms with Gasteiger partial charge in [0.1, 0.15) is 0 Å². The van der Waals surface area contributed by atoms with Gasteiger partial charge in [-0.15, -0.1) is 0 Å². The number of carbonyl (C=O) groups is 1. The van der Waals surface area contributed by atoms with Crippen molar-refractivity contribution in [2.24, 2.45) is 17.4 Å². The van der Waals surface area contributed by atoms with Crippen molar-refractivity contribution < 1.29 is 9.90 Å². The van der Waals surface area contributed by atoms with Crippen LogP contribution < -0.4 is 11.5 Å². The SMILES string of the molecule is NCC[C@@H]1CCN(CC(N)=O)C[C@H]1O. The zero-order chi connectivity index (χ0) is 10.6. The smallest absolute Gasteiger partial charge is 0.231 e. The third-order valence-electron chi connectivity index (χ3n) is 2.72. The second-order valence-electron chi connectivity index (χ2n) is 3.89. The van der Waals surface area contributed by atoms with Crippen LogP contribution in [0.2, 0.25) is 0 Å². The van der Waals surface area contributed by atoms with Crippen LogP contribution in [-0.4, -0.2) is 48.2 Å². The summed E-state index contributed by atoms with van der Waals surface area (Å²) in [5, 5.41) is 9.73. The summed E-state index contributed by atoms with van der Waals surface area (Å²) in [4.78, 5) is 12.5. The zero-order valence-corrected chi connectivity index (χ0v) is 8.35. The van der Waals surface area contributed by atoms with Crippen LogP contribution in [0.15, 0.2) is 0 Å². The van der Waals surface area contributed by atoms with E-state index >= 15 is 0 Å². The van der Waals surface area contributed by atoms with Gasteiger partial charge in [-0.3, -0.25) is 9.69 Å². The molecule has 0 aliphatic carbocycles.